The van der Waals surface area contributed by atoms with Crippen LogP contribution >= 0.6 is 21.6 Å². The molecule has 2 heterocycles. The monoisotopic (exact) mass is 994 g/mol. The molecule has 0 amide bonds. The average molecular weight is 995 g/mol. The molecule has 13 heteroatoms. The Hall–Kier alpha value is -4.96. The highest BCUT2D eigenvalue weighted by atomic mass is 33.1. The number of carbonyl (C=O) groups excluding carboxylic acids is 1. The van der Waals surface area contributed by atoms with Crippen molar-refractivity contribution < 1.29 is 40.2 Å². The molecule has 7 aliphatic rings. The van der Waals surface area contributed by atoms with Crippen molar-refractivity contribution in [3.63, 3.8) is 0 Å². The van der Waals surface area contributed by atoms with E-state index >= 15 is 0 Å². The molecule has 3 aromatic rings. The van der Waals surface area contributed by atoms with Crippen molar-refractivity contribution in [1.29, 1.82) is 0 Å². The number of hydrogen-bond donors (Lipinski definition) is 7. The van der Waals surface area contributed by atoms with Gasteiger partial charge in [-0.3, -0.25) is 9.79 Å². The van der Waals surface area contributed by atoms with Gasteiger partial charge in [-0.1, -0.05) is 76.1 Å². The van der Waals surface area contributed by atoms with E-state index in [4.69, 9.17) is 16.2 Å². The van der Waals surface area contributed by atoms with Gasteiger partial charge in [-0.05, 0) is 151 Å². The molecule has 5 aliphatic carbocycles. The molecule has 0 saturated heterocycles. The first-order chi connectivity index (χ1) is 34.2. The number of fused-ring (bicyclic) bond motifs is 7. The van der Waals surface area contributed by atoms with E-state index in [1.165, 1.54) is 0 Å². The van der Waals surface area contributed by atoms with Crippen LogP contribution in [0.4, 0.5) is 0 Å². The molecule has 0 spiro atoms. The van der Waals surface area contributed by atoms with Gasteiger partial charge < -0.3 is 46.8 Å². The zero-order valence-electron chi connectivity index (χ0n) is 40.2. The number of aryl methyl sites for hydroxylation is 1. The summed E-state index contributed by atoms with van der Waals surface area (Å²) in [5.41, 5.74) is 16.7. The summed E-state index contributed by atoms with van der Waals surface area (Å²) in [6, 6.07) is 14.5. The van der Waals surface area contributed by atoms with E-state index in [0.717, 1.165) is 59.9 Å². The number of aliphatic hydroxyl groups excluding tert-OH is 2. The first kappa shape index (κ1) is 49.6. The van der Waals surface area contributed by atoms with Gasteiger partial charge in [-0.2, -0.15) is 0 Å². The molecule has 11 nitrogen and oxygen atoms in total. The number of allylic oxidation sites excluding steroid dienone is 5. The molecule has 8 bridgehead atoms. The number of aromatic hydroxyl groups is 2. The average Bonchev–Trinajstić information content (AvgIpc) is 4.05. The number of phenolic OH excluding ortho intramolecular Hbond substituents is 2. The van der Waals surface area contributed by atoms with E-state index in [2.05, 4.69) is 40.8 Å². The minimum Gasteiger partial charge on any atom is -0.875 e. The van der Waals surface area contributed by atoms with Gasteiger partial charge in [0, 0.05) is 64.8 Å². The Morgan fingerprint density at radius 2 is 1.73 bits per heavy atom. The third-order valence-corrected chi connectivity index (χ3v) is 19.7. The molecule has 71 heavy (non-hydrogen) atoms. The topological polar surface area (TPSA) is 215 Å². The van der Waals surface area contributed by atoms with Crippen LogP contribution in [0.1, 0.15) is 141 Å². The second-order valence-electron chi connectivity index (χ2n) is 21.6. The van der Waals surface area contributed by atoms with Gasteiger partial charge in [-0.15, -0.1) is 11.7 Å². The lowest BCUT2D eigenvalue weighted by Gasteiger charge is -2.53. The standard InChI is InChI=1S/C58H65N3O8S2/c59-53(60)44-28-39-4-1-5-47-42(13-24-61-47)50(66)30-45-43(39)29-40(44)32-70-71-36-55-15-2-16-56-17-3-18-57(56,34-58(68,35-62)23-22-56)21-20-54(33-55,31-52(55)67)19-12-41(63)9-6-37-8-11-49(65)51(27-37)69-25-14-38-7-10-48(64)46(45)26-38/h7-8,10-13,19,24,26-29,45,52-53,62,64-68H,3,5-6,9,14-15,17-18,20-23,25,30-36,59-60H2/p-1. The fourth-order valence-electron chi connectivity index (χ4n) is 13.3. The Labute approximate surface area is 424 Å². The van der Waals surface area contributed by atoms with Gasteiger partial charge in [0.05, 0.1) is 43.2 Å². The summed E-state index contributed by atoms with van der Waals surface area (Å²) >= 11 is 0. The van der Waals surface area contributed by atoms with E-state index < -0.39 is 34.6 Å². The minimum absolute atomic E-state index is 0.0178. The zero-order valence-corrected chi connectivity index (χ0v) is 41.8. The first-order valence-corrected chi connectivity index (χ1v) is 27.7. The van der Waals surface area contributed by atoms with E-state index in [1.807, 2.05) is 18.2 Å². The maximum absolute atomic E-state index is 14.3. The fraction of sp³-hybridized carbons (Fsp3) is 0.483. The van der Waals surface area contributed by atoms with Crippen molar-refractivity contribution in [2.45, 2.75) is 132 Å². The van der Waals surface area contributed by atoms with Crippen LogP contribution in [0.3, 0.4) is 0 Å². The summed E-state index contributed by atoms with van der Waals surface area (Å²) in [7, 11) is 3.33. The Bertz CT molecular complexity index is 2870. The largest absolute Gasteiger partial charge is 0.875 e. The van der Waals surface area contributed by atoms with E-state index in [9.17, 15) is 35.4 Å². The number of hydrogen-bond acceptors (Lipinski definition) is 13. The number of ketones is 1. The molecular formula is C58H64N3O8S2-. The number of nitrogens with two attached hydrogens (primary N) is 2. The van der Waals surface area contributed by atoms with Crippen molar-refractivity contribution >= 4 is 33.1 Å². The quantitative estimate of drug-likeness (QED) is 0.0744. The van der Waals surface area contributed by atoms with Crippen molar-refractivity contribution in [3.8, 4) is 40.9 Å². The van der Waals surface area contributed by atoms with Crippen LogP contribution in [0.25, 0.3) is 0 Å². The number of nitrogens with zero attached hydrogens (tertiary/aromatic N) is 1. The lowest BCUT2D eigenvalue weighted by molar-refractivity contribution is -0.307. The van der Waals surface area contributed by atoms with Crippen LogP contribution in [0.2, 0.25) is 0 Å². The first-order valence-electron chi connectivity index (χ1n) is 25.2. The van der Waals surface area contributed by atoms with E-state index in [0.29, 0.717) is 91.0 Å². The number of rotatable bonds is 2. The van der Waals surface area contributed by atoms with Gasteiger partial charge in [0.2, 0.25) is 0 Å². The maximum Gasteiger partial charge on any atom is 0.161 e. The van der Waals surface area contributed by atoms with Crippen molar-refractivity contribution in [2.24, 2.45) is 38.1 Å². The highest BCUT2D eigenvalue weighted by Crippen LogP contribution is 2.67. The van der Waals surface area contributed by atoms with Crippen LogP contribution in [0.5, 0.6) is 17.2 Å². The van der Waals surface area contributed by atoms with Crippen LogP contribution in [-0.2, 0) is 23.4 Å². The van der Waals surface area contributed by atoms with E-state index in [-0.39, 0.29) is 66.3 Å². The number of aliphatic imine (C=N–C) groups is 1. The molecule has 0 radical (unpaired) electrons. The molecule has 7 atom stereocenters. The molecule has 372 valence electrons. The molecule has 9 N–H and O–H groups in total. The summed E-state index contributed by atoms with van der Waals surface area (Å²) in [6.45, 7) is -0.0799. The van der Waals surface area contributed by atoms with Gasteiger partial charge in [0.25, 0.3) is 0 Å². The molecule has 3 aromatic carbocycles. The second kappa shape index (κ2) is 19.8. The van der Waals surface area contributed by atoms with Crippen molar-refractivity contribution in [2.75, 3.05) is 19.0 Å². The van der Waals surface area contributed by atoms with Crippen LogP contribution in [0, 0.1) is 45.3 Å². The molecule has 0 aromatic heterocycles. The Morgan fingerprint density at radius 1 is 0.901 bits per heavy atom. The molecular weight excluding hydrogens is 931 g/mol. The van der Waals surface area contributed by atoms with E-state index in [1.54, 1.807) is 64.2 Å². The van der Waals surface area contributed by atoms with Gasteiger partial charge >= 0.3 is 0 Å². The molecule has 3 saturated carbocycles. The molecule has 3 fully saturated rings. The van der Waals surface area contributed by atoms with Crippen LogP contribution in [-0.4, -0.2) is 67.7 Å². The normalized spacial score (nSPS) is 31.8. The fourth-order valence-corrected chi connectivity index (χ4v) is 16.0. The number of phenols is 2. The SMILES string of the molecule is NC(N)c1cc2c3cc1CSSCC14CC#CC56CCCC5(CCC(C=CC(=O)CCc5ccc(O)c(c5)OCCc5ccc(O)c(c5)C3CC([O-])=C3C=CN=C3CC#C2)(CC1O)C4)CC(O)(CO)CC6. The Kier molecular flexibility index (Phi) is 13.8. The molecule has 10 rings (SSSR count). The van der Waals surface area contributed by atoms with Crippen molar-refractivity contribution in [3.05, 3.63) is 123 Å². The third kappa shape index (κ3) is 9.72. The molecule has 2 aliphatic heterocycles. The maximum atomic E-state index is 14.3. The van der Waals surface area contributed by atoms with Crippen LogP contribution in [0.15, 0.2) is 89.3 Å². The Balaban J connectivity index is 1.05. The summed E-state index contributed by atoms with van der Waals surface area (Å²) in [5.74, 6) is 14.8. The zero-order chi connectivity index (χ0) is 49.6. The third-order valence-electron chi connectivity index (χ3n) is 17.2. The number of ether oxygens (including phenoxy) is 1. The van der Waals surface area contributed by atoms with Gasteiger partial charge in [-0.25, -0.2) is 0 Å². The second-order valence-corrected chi connectivity index (χ2v) is 24.1. The predicted octanol–water partition coefficient (Wildman–Crippen LogP) is 7.83. The lowest BCUT2D eigenvalue weighted by atomic mass is 9.52. The smallest absolute Gasteiger partial charge is 0.161 e. The summed E-state index contributed by atoms with van der Waals surface area (Å²) in [6.07, 6.45) is 14.7. The number of aliphatic hydroxyl groups is 3. The van der Waals surface area contributed by atoms with Gasteiger partial charge in [0.1, 0.15) is 5.75 Å². The minimum atomic E-state index is -1.16. The summed E-state index contributed by atoms with van der Waals surface area (Å²) in [4.78, 5) is 18.3. The lowest BCUT2D eigenvalue weighted by Crippen LogP contribution is -2.52. The van der Waals surface area contributed by atoms with Gasteiger partial charge in [0.15, 0.2) is 17.3 Å². The number of carbonyl (C=O) groups is 1. The Morgan fingerprint density at radius 3 is 2.56 bits per heavy atom. The highest BCUT2D eigenvalue weighted by Gasteiger charge is 2.62. The number of benzene rings is 3. The molecule has 7 unspecified atom stereocenters. The predicted molar refractivity (Wildman–Crippen MR) is 277 cm³/mol. The van der Waals surface area contributed by atoms with Crippen molar-refractivity contribution in [1.82, 2.24) is 0 Å². The summed E-state index contributed by atoms with van der Waals surface area (Å²) < 4.78 is 6.18. The van der Waals surface area contributed by atoms with Crippen LogP contribution < -0.4 is 21.3 Å². The highest BCUT2D eigenvalue weighted by molar-refractivity contribution is 8.76. The summed E-state index contributed by atoms with van der Waals surface area (Å²) in [5, 5.41) is 71.3.